The molecule has 6 nitrogen and oxygen atoms in total. The molecule has 0 atom stereocenters. The zero-order valence-electron chi connectivity index (χ0n) is 10.2. The Morgan fingerprint density at radius 3 is 3.00 bits per heavy atom. The molecule has 0 aliphatic heterocycles. The highest BCUT2D eigenvalue weighted by molar-refractivity contribution is 5.87. The number of rotatable bonds is 4. The van der Waals surface area contributed by atoms with Crippen LogP contribution in [-0.4, -0.2) is 30.1 Å². The third-order valence-electron chi connectivity index (χ3n) is 2.38. The fourth-order valence-corrected chi connectivity index (χ4v) is 1.46. The molecule has 18 heavy (non-hydrogen) atoms. The Balaban J connectivity index is 2.15. The number of carbonyl (C=O) groups is 1. The first-order valence-corrected chi connectivity index (χ1v) is 5.34. The maximum Gasteiger partial charge on any atom is 0.358 e. The van der Waals surface area contributed by atoms with Crippen molar-refractivity contribution in [1.82, 2.24) is 9.97 Å². The van der Waals surface area contributed by atoms with E-state index in [4.69, 9.17) is 4.42 Å². The fourth-order valence-electron chi connectivity index (χ4n) is 1.46. The number of esters is 1. The SMILES string of the molecule is COC(=O)c1cncc(N(C)Cc2ccco2)n1. The van der Waals surface area contributed by atoms with Gasteiger partial charge < -0.3 is 14.1 Å². The van der Waals surface area contributed by atoms with Crippen LogP contribution in [0.5, 0.6) is 0 Å². The molecule has 0 bridgehead atoms. The third kappa shape index (κ3) is 2.65. The van der Waals surface area contributed by atoms with Crippen molar-refractivity contribution in [2.45, 2.75) is 6.54 Å². The largest absolute Gasteiger partial charge is 0.467 e. The van der Waals surface area contributed by atoms with Crippen LogP contribution in [0, 0.1) is 0 Å². The number of carbonyl (C=O) groups excluding carboxylic acids is 1. The molecule has 94 valence electrons. The minimum absolute atomic E-state index is 0.182. The number of anilines is 1. The number of nitrogens with zero attached hydrogens (tertiary/aromatic N) is 3. The van der Waals surface area contributed by atoms with E-state index >= 15 is 0 Å². The summed E-state index contributed by atoms with van der Waals surface area (Å²) in [6, 6.07) is 3.69. The van der Waals surface area contributed by atoms with Crippen LogP contribution in [0.1, 0.15) is 16.2 Å². The van der Waals surface area contributed by atoms with E-state index in [1.165, 1.54) is 13.3 Å². The average Bonchev–Trinajstić information content (AvgIpc) is 2.90. The highest BCUT2D eigenvalue weighted by Gasteiger charge is 2.11. The molecule has 0 radical (unpaired) electrons. The zero-order valence-corrected chi connectivity index (χ0v) is 10.2. The van der Waals surface area contributed by atoms with Gasteiger partial charge in [-0.3, -0.25) is 4.98 Å². The summed E-state index contributed by atoms with van der Waals surface area (Å²) in [6.07, 6.45) is 4.56. The molecule has 0 unspecified atom stereocenters. The lowest BCUT2D eigenvalue weighted by molar-refractivity contribution is 0.0593. The van der Waals surface area contributed by atoms with Gasteiger partial charge in [0, 0.05) is 7.05 Å². The van der Waals surface area contributed by atoms with E-state index in [1.807, 2.05) is 24.1 Å². The molecule has 0 spiro atoms. The van der Waals surface area contributed by atoms with Gasteiger partial charge >= 0.3 is 5.97 Å². The Hall–Kier alpha value is -2.37. The van der Waals surface area contributed by atoms with Crippen molar-refractivity contribution in [3.63, 3.8) is 0 Å². The molecule has 2 rings (SSSR count). The van der Waals surface area contributed by atoms with Crippen LogP contribution < -0.4 is 4.90 Å². The first-order valence-electron chi connectivity index (χ1n) is 5.34. The number of hydrogen-bond acceptors (Lipinski definition) is 6. The summed E-state index contributed by atoms with van der Waals surface area (Å²) < 4.78 is 9.84. The van der Waals surface area contributed by atoms with Crippen molar-refractivity contribution in [2.24, 2.45) is 0 Å². The maximum absolute atomic E-state index is 11.3. The van der Waals surface area contributed by atoms with Gasteiger partial charge in [0.1, 0.15) is 11.6 Å². The first kappa shape index (κ1) is 12.1. The number of aromatic nitrogens is 2. The molecule has 0 aliphatic rings. The van der Waals surface area contributed by atoms with Crippen molar-refractivity contribution in [2.75, 3.05) is 19.1 Å². The van der Waals surface area contributed by atoms with Crippen LogP contribution in [0.25, 0.3) is 0 Å². The Kier molecular flexibility index (Phi) is 3.57. The van der Waals surface area contributed by atoms with Crippen molar-refractivity contribution >= 4 is 11.8 Å². The van der Waals surface area contributed by atoms with E-state index in [-0.39, 0.29) is 5.69 Å². The molecule has 6 heteroatoms. The van der Waals surface area contributed by atoms with E-state index in [0.29, 0.717) is 12.4 Å². The summed E-state index contributed by atoms with van der Waals surface area (Å²) in [6.45, 7) is 0.548. The molecule has 2 aromatic rings. The van der Waals surface area contributed by atoms with Gasteiger partial charge in [0.2, 0.25) is 0 Å². The molecule has 2 heterocycles. The molecule has 0 N–H and O–H groups in total. The minimum Gasteiger partial charge on any atom is -0.467 e. The van der Waals surface area contributed by atoms with Gasteiger partial charge in [0.25, 0.3) is 0 Å². The Morgan fingerprint density at radius 1 is 1.50 bits per heavy atom. The third-order valence-corrected chi connectivity index (χ3v) is 2.38. The highest BCUT2D eigenvalue weighted by atomic mass is 16.5. The Bertz CT molecular complexity index is 525. The number of furan rings is 1. The summed E-state index contributed by atoms with van der Waals surface area (Å²) in [4.78, 5) is 21.3. The lowest BCUT2D eigenvalue weighted by Gasteiger charge is -2.16. The van der Waals surface area contributed by atoms with Crippen molar-refractivity contribution in [3.8, 4) is 0 Å². The van der Waals surface area contributed by atoms with Crippen LogP contribution >= 0.6 is 0 Å². The molecule has 0 fully saturated rings. The smallest absolute Gasteiger partial charge is 0.358 e. The van der Waals surface area contributed by atoms with E-state index in [0.717, 1.165) is 5.76 Å². The number of methoxy groups -OCH3 is 1. The predicted octanol–water partition coefficient (Wildman–Crippen LogP) is 1.49. The molecule has 0 aliphatic carbocycles. The van der Waals surface area contributed by atoms with Gasteiger partial charge in [-0.15, -0.1) is 0 Å². The summed E-state index contributed by atoms with van der Waals surface area (Å²) in [7, 11) is 3.15. The topological polar surface area (TPSA) is 68.5 Å². The Labute approximate surface area is 104 Å². The normalized spacial score (nSPS) is 10.1. The van der Waals surface area contributed by atoms with Crippen LogP contribution in [0.3, 0.4) is 0 Å². The lowest BCUT2D eigenvalue weighted by atomic mass is 10.4. The molecule has 0 saturated carbocycles. The lowest BCUT2D eigenvalue weighted by Crippen LogP contribution is -2.19. The predicted molar refractivity (Wildman–Crippen MR) is 64.2 cm³/mol. The average molecular weight is 247 g/mol. The summed E-state index contributed by atoms with van der Waals surface area (Å²) in [5.41, 5.74) is 0.182. The standard InChI is InChI=1S/C12H13N3O3/c1-15(8-9-4-3-5-18-9)11-7-13-6-10(14-11)12(16)17-2/h3-7H,8H2,1-2H3. The van der Waals surface area contributed by atoms with Crippen molar-refractivity contribution < 1.29 is 13.9 Å². The van der Waals surface area contributed by atoms with Gasteiger partial charge in [-0.25, -0.2) is 9.78 Å². The van der Waals surface area contributed by atoms with Gasteiger partial charge in [-0.2, -0.15) is 0 Å². The van der Waals surface area contributed by atoms with Gasteiger partial charge in [-0.05, 0) is 12.1 Å². The molecule has 0 aromatic carbocycles. The van der Waals surface area contributed by atoms with E-state index < -0.39 is 5.97 Å². The molecule has 0 saturated heterocycles. The summed E-state index contributed by atoms with van der Waals surface area (Å²) >= 11 is 0. The van der Waals surface area contributed by atoms with E-state index in [2.05, 4.69) is 14.7 Å². The molecular formula is C12H13N3O3. The maximum atomic E-state index is 11.3. The minimum atomic E-state index is -0.504. The van der Waals surface area contributed by atoms with Crippen LogP contribution in [-0.2, 0) is 11.3 Å². The molecular weight excluding hydrogens is 234 g/mol. The molecule has 2 aromatic heterocycles. The monoisotopic (exact) mass is 247 g/mol. The second kappa shape index (κ2) is 5.31. The second-order valence-electron chi connectivity index (χ2n) is 3.69. The van der Waals surface area contributed by atoms with Crippen LogP contribution in [0.4, 0.5) is 5.82 Å². The second-order valence-corrected chi connectivity index (χ2v) is 3.69. The summed E-state index contributed by atoms with van der Waals surface area (Å²) in [5.74, 6) is 0.882. The summed E-state index contributed by atoms with van der Waals surface area (Å²) in [5, 5.41) is 0. The van der Waals surface area contributed by atoms with E-state index in [1.54, 1.807) is 12.5 Å². The van der Waals surface area contributed by atoms with Crippen molar-refractivity contribution in [1.29, 1.82) is 0 Å². The number of ether oxygens (including phenoxy) is 1. The Morgan fingerprint density at radius 2 is 2.33 bits per heavy atom. The highest BCUT2D eigenvalue weighted by Crippen LogP contribution is 2.12. The zero-order chi connectivity index (χ0) is 13.0. The fraction of sp³-hybridized carbons (Fsp3) is 0.250. The van der Waals surface area contributed by atoms with Gasteiger partial charge in [-0.1, -0.05) is 0 Å². The van der Waals surface area contributed by atoms with Crippen LogP contribution in [0.15, 0.2) is 35.2 Å². The van der Waals surface area contributed by atoms with Gasteiger partial charge in [0.15, 0.2) is 5.69 Å². The number of hydrogen-bond donors (Lipinski definition) is 0. The van der Waals surface area contributed by atoms with Crippen molar-refractivity contribution in [3.05, 3.63) is 42.2 Å². The van der Waals surface area contributed by atoms with E-state index in [9.17, 15) is 4.79 Å². The quantitative estimate of drug-likeness (QED) is 0.762. The van der Waals surface area contributed by atoms with Crippen LogP contribution in [0.2, 0.25) is 0 Å². The molecule has 0 amide bonds. The van der Waals surface area contributed by atoms with Gasteiger partial charge in [0.05, 0.1) is 32.3 Å². The first-order chi connectivity index (χ1) is 8.70.